The van der Waals surface area contributed by atoms with Crippen molar-refractivity contribution < 1.29 is 14.3 Å². The molecule has 0 N–H and O–H groups in total. The van der Waals surface area contributed by atoms with Crippen LogP contribution in [0.3, 0.4) is 0 Å². The molecule has 0 aromatic heterocycles. The number of esters is 1. The minimum atomic E-state index is -0.296. The first-order chi connectivity index (χ1) is 8.13. The lowest BCUT2D eigenvalue weighted by atomic mass is 9.82. The van der Waals surface area contributed by atoms with Crippen LogP contribution in [0.5, 0.6) is 0 Å². The fourth-order valence-corrected chi connectivity index (χ4v) is 2.49. The fraction of sp³-hybridized carbons (Fsp3) is 0.385. The summed E-state index contributed by atoms with van der Waals surface area (Å²) in [5.41, 5.74) is 1.44. The third kappa shape index (κ3) is 2.41. The fourth-order valence-electron chi connectivity index (χ4n) is 2.13. The van der Waals surface area contributed by atoms with Crippen LogP contribution in [0, 0.1) is 0 Å². The predicted molar refractivity (Wildman–Crippen MR) is 67.1 cm³/mol. The maximum absolute atomic E-state index is 11.8. The van der Waals surface area contributed by atoms with Gasteiger partial charge in [0.25, 0.3) is 0 Å². The van der Waals surface area contributed by atoms with Crippen LogP contribution in [0.2, 0.25) is 0 Å². The molecule has 0 saturated heterocycles. The Kier molecular flexibility index (Phi) is 3.62. The molecule has 1 aromatic carbocycles. The first-order valence-corrected chi connectivity index (χ1v) is 6.42. The first-order valence-electron chi connectivity index (χ1n) is 5.62. The summed E-state index contributed by atoms with van der Waals surface area (Å²) >= 11 is 3.34. The molecular weight excluding hydrogens is 284 g/mol. The Balaban J connectivity index is 2.39. The Labute approximate surface area is 108 Å². The zero-order chi connectivity index (χ0) is 12.4. The summed E-state index contributed by atoms with van der Waals surface area (Å²) in [6, 6.07) is 5.46. The number of halogens is 1. The van der Waals surface area contributed by atoms with Crippen LogP contribution in [0.15, 0.2) is 22.7 Å². The molecule has 1 aliphatic rings. The van der Waals surface area contributed by atoms with Gasteiger partial charge in [-0.1, -0.05) is 22.0 Å². The highest BCUT2D eigenvalue weighted by atomic mass is 79.9. The summed E-state index contributed by atoms with van der Waals surface area (Å²) in [4.78, 5) is 23.6. The van der Waals surface area contributed by atoms with Gasteiger partial charge in [-0.15, -0.1) is 0 Å². The summed E-state index contributed by atoms with van der Waals surface area (Å²) in [5.74, 6) is -0.429. The van der Waals surface area contributed by atoms with Crippen molar-refractivity contribution in [2.24, 2.45) is 0 Å². The van der Waals surface area contributed by atoms with E-state index >= 15 is 0 Å². The lowest BCUT2D eigenvalue weighted by molar-refractivity contribution is -0.145. The monoisotopic (exact) mass is 296 g/mol. The van der Waals surface area contributed by atoms with E-state index in [0.717, 1.165) is 10.0 Å². The molecule has 0 aliphatic heterocycles. The smallest absolute Gasteiger partial charge is 0.313 e. The third-order valence-corrected chi connectivity index (χ3v) is 3.42. The topological polar surface area (TPSA) is 43.4 Å². The van der Waals surface area contributed by atoms with E-state index < -0.39 is 0 Å². The minimum absolute atomic E-state index is 0.0989. The molecule has 0 spiro atoms. The van der Waals surface area contributed by atoms with E-state index in [1.165, 1.54) is 0 Å². The van der Waals surface area contributed by atoms with Gasteiger partial charge < -0.3 is 4.74 Å². The van der Waals surface area contributed by atoms with Crippen LogP contribution in [0.25, 0.3) is 0 Å². The predicted octanol–water partition coefficient (Wildman–Crippen LogP) is 3.07. The quantitative estimate of drug-likeness (QED) is 0.788. The molecular formula is C13H13BrO3. The van der Waals surface area contributed by atoms with E-state index in [2.05, 4.69) is 15.9 Å². The van der Waals surface area contributed by atoms with Crippen LogP contribution >= 0.6 is 15.9 Å². The van der Waals surface area contributed by atoms with Crippen LogP contribution < -0.4 is 0 Å². The zero-order valence-corrected chi connectivity index (χ0v) is 11.1. The van der Waals surface area contributed by atoms with Crippen molar-refractivity contribution in [3.8, 4) is 0 Å². The molecule has 2 rings (SSSR count). The number of fused-ring (bicyclic) bond motifs is 1. The summed E-state index contributed by atoms with van der Waals surface area (Å²) < 4.78 is 5.90. The number of carbonyl (C=O) groups excluding carboxylic acids is 2. The molecule has 4 heteroatoms. The van der Waals surface area contributed by atoms with E-state index in [-0.39, 0.29) is 17.7 Å². The molecule has 3 nitrogen and oxygen atoms in total. The minimum Gasteiger partial charge on any atom is -0.466 e. The Morgan fingerprint density at radius 1 is 1.53 bits per heavy atom. The number of ketones is 1. The summed E-state index contributed by atoms with van der Waals surface area (Å²) in [6.45, 7) is 2.16. The lowest BCUT2D eigenvalue weighted by Gasteiger charge is -2.23. The van der Waals surface area contributed by atoms with Gasteiger partial charge in [-0.3, -0.25) is 9.59 Å². The summed E-state index contributed by atoms with van der Waals surface area (Å²) in [6.07, 6.45) is 0.958. The molecule has 1 unspecified atom stereocenters. The molecule has 1 atom stereocenters. The number of Topliss-reactive ketones (excluding diaryl/α,β-unsaturated/α-hetero) is 1. The van der Waals surface area contributed by atoms with E-state index in [1.807, 2.05) is 12.1 Å². The van der Waals surface area contributed by atoms with Crippen molar-refractivity contribution in [2.75, 3.05) is 6.61 Å². The van der Waals surface area contributed by atoms with E-state index in [1.54, 1.807) is 13.0 Å². The second kappa shape index (κ2) is 5.00. The Morgan fingerprint density at radius 3 is 3.00 bits per heavy atom. The van der Waals surface area contributed by atoms with Crippen molar-refractivity contribution in [2.45, 2.75) is 25.7 Å². The van der Waals surface area contributed by atoms with E-state index in [0.29, 0.717) is 25.0 Å². The number of ether oxygens (including phenoxy) is 1. The standard InChI is InChI=1S/C13H13BrO3/c1-2-17-13(16)10-5-6-12(15)11-7-8(14)3-4-9(10)11/h3-4,7,10H,2,5-6H2,1H3. The Bertz CT molecular complexity index is 468. The van der Waals surface area contributed by atoms with Gasteiger partial charge in [0.2, 0.25) is 0 Å². The maximum atomic E-state index is 11.8. The van der Waals surface area contributed by atoms with Crippen molar-refractivity contribution in [1.29, 1.82) is 0 Å². The van der Waals surface area contributed by atoms with Crippen LogP contribution in [-0.2, 0) is 9.53 Å². The second-order valence-corrected chi connectivity index (χ2v) is 4.91. The van der Waals surface area contributed by atoms with Gasteiger partial charge in [0.15, 0.2) is 5.78 Å². The molecule has 0 heterocycles. The van der Waals surface area contributed by atoms with Crippen molar-refractivity contribution in [3.05, 3.63) is 33.8 Å². The van der Waals surface area contributed by atoms with E-state index in [9.17, 15) is 9.59 Å². The van der Waals surface area contributed by atoms with Gasteiger partial charge in [0.05, 0.1) is 12.5 Å². The SMILES string of the molecule is CCOC(=O)C1CCC(=O)c2cc(Br)ccc21. The largest absolute Gasteiger partial charge is 0.466 e. The Morgan fingerprint density at radius 2 is 2.29 bits per heavy atom. The Hall–Kier alpha value is -1.16. The van der Waals surface area contributed by atoms with Crippen molar-refractivity contribution >= 4 is 27.7 Å². The van der Waals surface area contributed by atoms with Gasteiger partial charge >= 0.3 is 5.97 Å². The average molecular weight is 297 g/mol. The highest BCUT2D eigenvalue weighted by molar-refractivity contribution is 9.10. The molecule has 0 amide bonds. The van der Waals surface area contributed by atoms with Crippen molar-refractivity contribution in [1.82, 2.24) is 0 Å². The molecule has 0 radical (unpaired) electrons. The lowest BCUT2D eigenvalue weighted by Crippen LogP contribution is -2.23. The van der Waals surface area contributed by atoms with Crippen LogP contribution in [0.1, 0.15) is 41.6 Å². The highest BCUT2D eigenvalue weighted by Gasteiger charge is 2.31. The normalized spacial score (nSPS) is 18.7. The van der Waals surface area contributed by atoms with Gasteiger partial charge in [0, 0.05) is 16.5 Å². The van der Waals surface area contributed by atoms with Gasteiger partial charge in [-0.2, -0.15) is 0 Å². The molecule has 0 saturated carbocycles. The number of rotatable bonds is 2. The molecule has 1 aromatic rings. The third-order valence-electron chi connectivity index (χ3n) is 2.92. The molecule has 0 bridgehead atoms. The maximum Gasteiger partial charge on any atom is 0.313 e. The number of hydrogen-bond donors (Lipinski definition) is 0. The molecule has 17 heavy (non-hydrogen) atoms. The number of hydrogen-bond acceptors (Lipinski definition) is 3. The number of carbonyl (C=O) groups is 2. The highest BCUT2D eigenvalue weighted by Crippen LogP contribution is 2.34. The summed E-state index contributed by atoms with van der Waals surface area (Å²) in [7, 11) is 0. The second-order valence-electron chi connectivity index (χ2n) is 4.00. The van der Waals surface area contributed by atoms with E-state index in [4.69, 9.17) is 4.74 Å². The summed E-state index contributed by atoms with van der Waals surface area (Å²) in [5, 5.41) is 0. The zero-order valence-electron chi connectivity index (χ0n) is 9.53. The van der Waals surface area contributed by atoms with Crippen LogP contribution in [-0.4, -0.2) is 18.4 Å². The molecule has 1 aliphatic carbocycles. The van der Waals surface area contributed by atoms with Gasteiger partial charge in [-0.05, 0) is 31.0 Å². The number of benzene rings is 1. The van der Waals surface area contributed by atoms with Gasteiger partial charge in [-0.25, -0.2) is 0 Å². The average Bonchev–Trinajstić information content (AvgIpc) is 2.30. The molecule has 90 valence electrons. The van der Waals surface area contributed by atoms with Gasteiger partial charge in [0.1, 0.15) is 0 Å². The van der Waals surface area contributed by atoms with Crippen molar-refractivity contribution in [3.63, 3.8) is 0 Å². The molecule has 0 fully saturated rings. The van der Waals surface area contributed by atoms with Crippen LogP contribution in [0.4, 0.5) is 0 Å². The first kappa shape index (κ1) is 12.3.